The fourth-order valence-corrected chi connectivity index (χ4v) is 4.23. The number of aryl methyl sites for hydroxylation is 1. The zero-order chi connectivity index (χ0) is 23.4. The maximum atomic E-state index is 13.5. The minimum Gasteiger partial charge on any atom is -0.412 e. The molecule has 1 N–H and O–H groups in total. The Labute approximate surface area is 190 Å². The van der Waals surface area contributed by atoms with Gasteiger partial charge in [0.2, 0.25) is 0 Å². The van der Waals surface area contributed by atoms with Gasteiger partial charge >= 0.3 is 11.8 Å². The minimum atomic E-state index is -2.70. The molecule has 0 saturated heterocycles. The maximum absolute atomic E-state index is 13.5. The maximum Gasteiger partial charge on any atom is 0.312 e. The molecule has 5 aromatic heterocycles. The van der Waals surface area contributed by atoms with Gasteiger partial charge < -0.3 is 14.3 Å². The van der Waals surface area contributed by atoms with Gasteiger partial charge in [-0.05, 0) is 18.2 Å². The highest BCUT2D eigenvalue weighted by Crippen LogP contribution is 2.35. The first-order chi connectivity index (χ1) is 16.5. The van der Waals surface area contributed by atoms with Crippen LogP contribution in [0, 0.1) is 0 Å². The van der Waals surface area contributed by atoms with E-state index in [9.17, 15) is 13.6 Å². The SMILES string of the molecule is Cn1cc(-c2nnc(C(=O)N3CCc4[nH]cnc4[C@@H]3c3cc4cccc(C(F)F)n4n3)o2)cn1. The molecule has 172 valence electrons. The number of carbonyl (C=O) groups excluding carboxylic acids is 1. The fraction of sp³-hybridized carbons (Fsp3) is 0.238. The number of alkyl halides is 2. The Bertz CT molecular complexity index is 1520. The molecule has 0 bridgehead atoms. The summed E-state index contributed by atoms with van der Waals surface area (Å²) in [6, 6.07) is 5.50. The first kappa shape index (κ1) is 20.2. The van der Waals surface area contributed by atoms with Crippen molar-refractivity contribution in [3.63, 3.8) is 0 Å². The molecule has 0 aliphatic carbocycles. The summed E-state index contributed by atoms with van der Waals surface area (Å²) in [5.41, 5.74) is 2.67. The number of hydrogen-bond donors (Lipinski definition) is 1. The third-order valence-electron chi connectivity index (χ3n) is 5.78. The second-order valence-corrected chi connectivity index (χ2v) is 7.89. The van der Waals surface area contributed by atoms with E-state index in [1.54, 1.807) is 48.6 Å². The number of rotatable bonds is 4. The number of hydrogen-bond acceptors (Lipinski definition) is 7. The number of H-pyrrole nitrogens is 1. The van der Waals surface area contributed by atoms with Crippen LogP contribution in [0.15, 0.2) is 47.4 Å². The third kappa shape index (κ3) is 3.16. The second-order valence-electron chi connectivity index (χ2n) is 7.89. The van der Waals surface area contributed by atoms with Crippen molar-refractivity contribution >= 4 is 11.4 Å². The van der Waals surface area contributed by atoms with Crippen molar-refractivity contribution in [2.75, 3.05) is 6.54 Å². The van der Waals surface area contributed by atoms with Gasteiger partial charge in [0.1, 0.15) is 11.7 Å². The van der Waals surface area contributed by atoms with E-state index in [0.717, 1.165) is 5.69 Å². The van der Waals surface area contributed by atoms with E-state index in [4.69, 9.17) is 4.42 Å². The van der Waals surface area contributed by atoms with Crippen LogP contribution in [0.1, 0.15) is 45.9 Å². The van der Waals surface area contributed by atoms with Crippen LogP contribution in [0.25, 0.3) is 17.0 Å². The average molecular weight is 465 g/mol. The van der Waals surface area contributed by atoms with Crippen molar-refractivity contribution in [2.24, 2.45) is 7.05 Å². The predicted molar refractivity (Wildman–Crippen MR) is 112 cm³/mol. The van der Waals surface area contributed by atoms with Gasteiger partial charge in [0.05, 0.1) is 35.0 Å². The molecule has 0 fully saturated rings. The summed E-state index contributed by atoms with van der Waals surface area (Å²) in [6.45, 7) is 0.318. The second kappa shape index (κ2) is 7.57. The predicted octanol–water partition coefficient (Wildman–Crippen LogP) is 2.57. The van der Waals surface area contributed by atoms with E-state index >= 15 is 0 Å². The number of fused-ring (bicyclic) bond motifs is 2. The number of aromatic nitrogens is 8. The van der Waals surface area contributed by atoms with Crippen LogP contribution >= 0.6 is 0 Å². The van der Waals surface area contributed by atoms with Crippen molar-refractivity contribution in [3.8, 4) is 11.5 Å². The van der Waals surface area contributed by atoms with Gasteiger partial charge in [-0.3, -0.25) is 9.48 Å². The summed E-state index contributed by atoms with van der Waals surface area (Å²) >= 11 is 0. The summed E-state index contributed by atoms with van der Waals surface area (Å²) in [6.07, 6.45) is 2.61. The summed E-state index contributed by atoms with van der Waals surface area (Å²) in [5, 5.41) is 16.4. The van der Waals surface area contributed by atoms with E-state index in [1.165, 1.54) is 15.5 Å². The Morgan fingerprint density at radius 2 is 2.18 bits per heavy atom. The van der Waals surface area contributed by atoms with Gasteiger partial charge in [0, 0.05) is 31.9 Å². The highest BCUT2D eigenvalue weighted by atomic mass is 19.3. The number of nitrogens with zero attached hydrogens (tertiary/aromatic N) is 8. The van der Waals surface area contributed by atoms with Crippen LogP contribution in [0.5, 0.6) is 0 Å². The van der Waals surface area contributed by atoms with Crippen LogP contribution in [-0.2, 0) is 13.5 Å². The smallest absolute Gasteiger partial charge is 0.312 e. The van der Waals surface area contributed by atoms with E-state index < -0.39 is 18.4 Å². The molecular weight excluding hydrogens is 448 g/mol. The molecule has 11 nitrogen and oxygen atoms in total. The lowest BCUT2D eigenvalue weighted by Gasteiger charge is -2.32. The first-order valence-corrected chi connectivity index (χ1v) is 10.4. The van der Waals surface area contributed by atoms with E-state index in [0.29, 0.717) is 35.4 Å². The van der Waals surface area contributed by atoms with Crippen molar-refractivity contribution in [3.05, 3.63) is 71.7 Å². The molecule has 6 heterocycles. The molecule has 5 aromatic rings. The minimum absolute atomic E-state index is 0.166. The van der Waals surface area contributed by atoms with E-state index in [2.05, 4.69) is 30.4 Å². The van der Waals surface area contributed by atoms with Gasteiger partial charge in [-0.25, -0.2) is 18.3 Å². The number of imidazole rings is 1. The molecule has 1 aliphatic heterocycles. The normalized spacial score (nSPS) is 15.9. The van der Waals surface area contributed by atoms with Gasteiger partial charge in [-0.1, -0.05) is 6.07 Å². The molecule has 1 atom stereocenters. The third-order valence-corrected chi connectivity index (χ3v) is 5.78. The molecule has 0 radical (unpaired) electrons. The van der Waals surface area contributed by atoms with Crippen molar-refractivity contribution in [1.82, 2.24) is 44.5 Å². The van der Waals surface area contributed by atoms with Gasteiger partial charge in [0.25, 0.3) is 12.3 Å². The number of carbonyl (C=O) groups is 1. The molecule has 1 amide bonds. The largest absolute Gasteiger partial charge is 0.412 e. The number of pyridine rings is 1. The molecule has 0 spiro atoms. The van der Waals surface area contributed by atoms with Crippen LogP contribution in [0.4, 0.5) is 8.78 Å². The number of aromatic amines is 1. The van der Waals surface area contributed by atoms with Crippen molar-refractivity contribution < 1.29 is 18.0 Å². The number of nitrogens with one attached hydrogen (secondary N) is 1. The lowest BCUT2D eigenvalue weighted by Crippen LogP contribution is -2.41. The molecule has 0 aromatic carbocycles. The molecule has 0 unspecified atom stereocenters. The quantitative estimate of drug-likeness (QED) is 0.433. The lowest BCUT2D eigenvalue weighted by molar-refractivity contribution is 0.0646. The van der Waals surface area contributed by atoms with E-state index in [-0.39, 0.29) is 17.5 Å². The van der Waals surface area contributed by atoms with Gasteiger partial charge in [-0.2, -0.15) is 10.2 Å². The standard InChI is InChI=1S/C21H17F2N9O2/c1-30-9-11(8-26-30)19-27-28-20(34-19)21(33)31-6-5-13-16(25-10-24-13)17(31)14-7-12-3-2-4-15(18(22)23)32(12)29-14/h2-4,7-10,17-18H,5-6H2,1H3,(H,24,25)/t17-/m0/s1. The Morgan fingerprint density at radius 1 is 1.29 bits per heavy atom. The highest BCUT2D eigenvalue weighted by molar-refractivity contribution is 5.90. The molecule has 1 aliphatic rings. The van der Waals surface area contributed by atoms with Crippen LogP contribution in [0.2, 0.25) is 0 Å². The summed E-state index contributed by atoms with van der Waals surface area (Å²) in [4.78, 5) is 22.5. The highest BCUT2D eigenvalue weighted by Gasteiger charge is 2.38. The summed E-state index contributed by atoms with van der Waals surface area (Å²) in [5.74, 6) is -0.535. The summed E-state index contributed by atoms with van der Waals surface area (Å²) < 4.78 is 35.5. The molecule has 34 heavy (non-hydrogen) atoms. The van der Waals surface area contributed by atoms with Crippen LogP contribution in [0.3, 0.4) is 0 Å². The molecule has 6 rings (SSSR count). The zero-order valence-electron chi connectivity index (χ0n) is 17.8. The van der Waals surface area contributed by atoms with Crippen LogP contribution < -0.4 is 0 Å². The Morgan fingerprint density at radius 3 is 2.97 bits per heavy atom. The summed E-state index contributed by atoms with van der Waals surface area (Å²) in [7, 11) is 1.75. The monoisotopic (exact) mass is 465 g/mol. The Kier molecular flexibility index (Phi) is 4.50. The first-order valence-electron chi connectivity index (χ1n) is 10.4. The lowest BCUT2D eigenvalue weighted by atomic mass is 9.99. The van der Waals surface area contributed by atoms with Gasteiger partial charge in [-0.15, -0.1) is 10.2 Å². The van der Waals surface area contributed by atoms with Crippen molar-refractivity contribution in [2.45, 2.75) is 18.9 Å². The topological polar surface area (TPSA) is 123 Å². The Balaban J connectivity index is 1.41. The number of halogens is 2. The molecule has 13 heteroatoms. The zero-order valence-corrected chi connectivity index (χ0v) is 17.8. The van der Waals surface area contributed by atoms with E-state index in [1.807, 2.05) is 0 Å². The average Bonchev–Trinajstić information content (AvgIpc) is 3.62. The van der Waals surface area contributed by atoms with Crippen molar-refractivity contribution in [1.29, 1.82) is 0 Å². The fourth-order valence-electron chi connectivity index (χ4n) is 4.23. The van der Waals surface area contributed by atoms with Crippen LogP contribution in [-0.4, -0.2) is 56.9 Å². The number of amides is 1. The molecular formula is C21H17F2N9O2. The molecule has 0 saturated carbocycles. The Hall–Kier alpha value is -4.42. The van der Waals surface area contributed by atoms with Gasteiger partial charge in [0.15, 0.2) is 0 Å².